The number of nitrogens with zero attached hydrogens (tertiary/aromatic N) is 2. The highest BCUT2D eigenvalue weighted by Crippen LogP contribution is 2.13. The van der Waals surface area contributed by atoms with Gasteiger partial charge in [-0.1, -0.05) is 0 Å². The van der Waals surface area contributed by atoms with Crippen LogP contribution in [-0.2, 0) is 6.54 Å². The van der Waals surface area contributed by atoms with E-state index in [9.17, 15) is 4.39 Å². The summed E-state index contributed by atoms with van der Waals surface area (Å²) in [6.07, 6.45) is 5.31. The van der Waals surface area contributed by atoms with E-state index < -0.39 is 0 Å². The number of piperidine rings is 1. The molecule has 1 aliphatic rings. The van der Waals surface area contributed by atoms with E-state index in [2.05, 4.69) is 22.2 Å². The molecule has 4 heteroatoms. The lowest BCUT2D eigenvalue weighted by Crippen LogP contribution is -2.40. The molecule has 0 atom stereocenters. The average molecular weight is 223 g/mol. The third-order valence-corrected chi connectivity index (χ3v) is 3.13. The second kappa shape index (κ2) is 5.37. The minimum atomic E-state index is -0.254. The van der Waals surface area contributed by atoms with E-state index in [1.165, 1.54) is 19.0 Å². The monoisotopic (exact) mass is 223 g/mol. The Morgan fingerprint density at radius 1 is 1.44 bits per heavy atom. The first-order valence-electron chi connectivity index (χ1n) is 5.76. The number of rotatable bonds is 3. The molecule has 0 saturated carbocycles. The van der Waals surface area contributed by atoms with E-state index in [0.29, 0.717) is 6.04 Å². The van der Waals surface area contributed by atoms with E-state index in [-0.39, 0.29) is 5.82 Å². The molecular weight excluding hydrogens is 205 g/mol. The number of hydrogen-bond acceptors (Lipinski definition) is 3. The maximum atomic E-state index is 13.0. The third kappa shape index (κ3) is 3.00. The third-order valence-electron chi connectivity index (χ3n) is 3.13. The molecule has 1 aromatic heterocycles. The normalized spacial score (nSPS) is 17.9. The fourth-order valence-electron chi connectivity index (χ4n) is 2.21. The molecule has 1 N–H and O–H groups in total. The van der Waals surface area contributed by atoms with Crippen molar-refractivity contribution >= 4 is 0 Å². The second-order valence-corrected chi connectivity index (χ2v) is 4.41. The molecule has 0 spiro atoms. The molecular formula is C12H18FN3. The van der Waals surface area contributed by atoms with Crippen molar-refractivity contribution in [3.63, 3.8) is 0 Å². The minimum Gasteiger partial charge on any atom is -0.317 e. The lowest BCUT2D eigenvalue weighted by molar-refractivity contribution is 0.191. The molecule has 1 aliphatic heterocycles. The van der Waals surface area contributed by atoms with Gasteiger partial charge in [0.05, 0.1) is 6.20 Å². The molecule has 16 heavy (non-hydrogen) atoms. The van der Waals surface area contributed by atoms with Gasteiger partial charge >= 0.3 is 0 Å². The summed E-state index contributed by atoms with van der Waals surface area (Å²) < 4.78 is 13.0. The summed E-state index contributed by atoms with van der Waals surface area (Å²) in [5, 5.41) is 3.34. The Bertz CT molecular complexity index is 337. The molecule has 1 saturated heterocycles. The Morgan fingerprint density at radius 3 is 2.88 bits per heavy atom. The highest BCUT2D eigenvalue weighted by Gasteiger charge is 2.17. The SMILES string of the molecule is CN(Cc1cncc(F)c1)C1CCNCC1. The van der Waals surface area contributed by atoms with Crippen molar-refractivity contribution in [3.8, 4) is 0 Å². The van der Waals surface area contributed by atoms with Gasteiger partial charge in [-0.15, -0.1) is 0 Å². The number of nitrogens with one attached hydrogen (secondary N) is 1. The zero-order valence-corrected chi connectivity index (χ0v) is 9.62. The van der Waals surface area contributed by atoms with Gasteiger partial charge < -0.3 is 5.32 Å². The summed E-state index contributed by atoms with van der Waals surface area (Å²) in [5.74, 6) is -0.254. The summed E-state index contributed by atoms with van der Waals surface area (Å²) in [6, 6.07) is 2.16. The summed E-state index contributed by atoms with van der Waals surface area (Å²) in [7, 11) is 2.10. The van der Waals surface area contributed by atoms with Crippen LogP contribution in [0.15, 0.2) is 18.5 Å². The maximum absolute atomic E-state index is 13.0. The van der Waals surface area contributed by atoms with Crippen molar-refractivity contribution in [2.45, 2.75) is 25.4 Å². The maximum Gasteiger partial charge on any atom is 0.141 e. The zero-order chi connectivity index (χ0) is 11.4. The lowest BCUT2D eigenvalue weighted by atomic mass is 10.0. The van der Waals surface area contributed by atoms with E-state index in [1.54, 1.807) is 12.3 Å². The Morgan fingerprint density at radius 2 is 2.19 bits per heavy atom. The molecule has 3 nitrogen and oxygen atoms in total. The first kappa shape index (κ1) is 11.5. The van der Waals surface area contributed by atoms with Crippen LogP contribution in [0.25, 0.3) is 0 Å². The van der Waals surface area contributed by atoms with Crippen LogP contribution in [-0.4, -0.2) is 36.1 Å². The standard InChI is InChI=1S/C12H18FN3/c1-16(12-2-4-14-5-3-12)9-10-6-11(13)8-15-7-10/h6-8,12,14H,2-5,9H2,1H3. The topological polar surface area (TPSA) is 28.2 Å². The van der Waals surface area contributed by atoms with Crippen LogP contribution in [0.2, 0.25) is 0 Å². The number of halogens is 1. The van der Waals surface area contributed by atoms with Crippen LogP contribution in [0.4, 0.5) is 4.39 Å². The van der Waals surface area contributed by atoms with Crippen molar-refractivity contribution < 1.29 is 4.39 Å². The van der Waals surface area contributed by atoms with Crippen molar-refractivity contribution in [2.24, 2.45) is 0 Å². The second-order valence-electron chi connectivity index (χ2n) is 4.41. The van der Waals surface area contributed by atoms with Crippen molar-refractivity contribution in [1.29, 1.82) is 0 Å². The Balaban J connectivity index is 1.93. The Kier molecular flexibility index (Phi) is 3.85. The molecule has 1 aromatic rings. The van der Waals surface area contributed by atoms with Gasteiger partial charge in [0.1, 0.15) is 5.82 Å². The first-order chi connectivity index (χ1) is 7.75. The molecule has 0 aliphatic carbocycles. The number of hydrogen-bond donors (Lipinski definition) is 1. The van der Waals surface area contributed by atoms with Gasteiger partial charge in [-0.3, -0.25) is 9.88 Å². The van der Waals surface area contributed by atoms with Gasteiger partial charge in [0.15, 0.2) is 0 Å². The van der Waals surface area contributed by atoms with Crippen LogP contribution in [0.1, 0.15) is 18.4 Å². The molecule has 0 radical (unpaired) electrons. The van der Waals surface area contributed by atoms with Crippen molar-refractivity contribution in [2.75, 3.05) is 20.1 Å². The number of pyridine rings is 1. The summed E-state index contributed by atoms with van der Waals surface area (Å²) in [4.78, 5) is 6.16. The number of aromatic nitrogens is 1. The van der Waals surface area contributed by atoms with E-state index in [1.807, 2.05) is 0 Å². The van der Waals surface area contributed by atoms with Crippen molar-refractivity contribution in [1.82, 2.24) is 15.2 Å². The fraction of sp³-hybridized carbons (Fsp3) is 0.583. The highest BCUT2D eigenvalue weighted by atomic mass is 19.1. The fourth-order valence-corrected chi connectivity index (χ4v) is 2.21. The van der Waals surface area contributed by atoms with Gasteiger partial charge in [-0.05, 0) is 44.6 Å². The largest absolute Gasteiger partial charge is 0.317 e. The first-order valence-corrected chi connectivity index (χ1v) is 5.76. The quantitative estimate of drug-likeness (QED) is 0.839. The van der Waals surface area contributed by atoms with Gasteiger partial charge in [-0.25, -0.2) is 4.39 Å². The van der Waals surface area contributed by atoms with Crippen LogP contribution in [0, 0.1) is 5.82 Å². The molecule has 2 heterocycles. The van der Waals surface area contributed by atoms with Gasteiger partial charge in [0.25, 0.3) is 0 Å². The molecule has 1 fully saturated rings. The summed E-state index contributed by atoms with van der Waals surface area (Å²) >= 11 is 0. The van der Waals surface area contributed by atoms with Crippen LogP contribution < -0.4 is 5.32 Å². The summed E-state index contributed by atoms with van der Waals surface area (Å²) in [6.45, 7) is 2.93. The van der Waals surface area contributed by atoms with Gasteiger partial charge in [-0.2, -0.15) is 0 Å². The predicted molar refractivity (Wildman–Crippen MR) is 61.6 cm³/mol. The smallest absolute Gasteiger partial charge is 0.141 e. The average Bonchev–Trinajstić information content (AvgIpc) is 2.30. The highest BCUT2D eigenvalue weighted by molar-refractivity contribution is 5.10. The zero-order valence-electron chi connectivity index (χ0n) is 9.62. The van der Waals surface area contributed by atoms with Crippen LogP contribution >= 0.6 is 0 Å². The van der Waals surface area contributed by atoms with E-state index >= 15 is 0 Å². The van der Waals surface area contributed by atoms with Gasteiger partial charge in [0, 0.05) is 18.8 Å². The predicted octanol–water partition coefficient (Wildman–Crippen LogP) is 1.40. The van der Waals surface area contributed by atoms with E-state index in [4.69, 9.17) is 0 Å². The van der Waals surface area contributed by atoms with Gasteiger partial charge in [0.2, 0.25) is 0 Å². The van der Waals surface area contributed by atoms with Crippen LogP contribution in [0.3, 0.4) is 0 Å². The molecule has 0 aromatic carbocycles. The van der Waals surface area contributed by atoms with Crippen LogP contribution in [0.5, 0.6) is 0 Å². The molecule has 0 unspecified atom stereocenters. The van der Waals surface area contributed by atoms with E-state index in [0.717, 1.165) is 25.2 Å². The lowest BCUT2D eigenvalue weighted by Gasteiger charge is -2.31. The molecule has 88 valence electrons. The summed E-state index contributed by atoms with van der Waals surface area (Å²) in [5.41, 5.74) is 0.945. The molecule has 2 rings (SSSR count). The van der Waals surface area contributed by atoms with Crippen molar-refractivity contribution in [3.05, 3.63) is 29.8 Å². The molecule has 0 bridgehead atoms. The molecule has 0 amide bonds. The minimum absolute atomic E-state index is 0.254. The Hall–Kier alpha value is -1.00. The Labute approximate surface area is 95.7 Å².